The Kier molecular flexibility index (Phi) is 4.05. The van der Waals surface area contributed by atoms with E-state index < -0.39 is 11.4 Å². The monoisotopic (exact) mass is 286 g/mol. The molecular weight excluding hydrogens is 260 g/mol. The molecule has 0 saturated heterocycles. The topological polar surface area (TPSA) is 37.3 Å². The van der Waals surface area contributed by atoms with Gasteiger partial charge in [0.2, 0.25) is 0 Å². The summed E-state index contributed by atoms with van der Waals surface area (Å²) in [7, 11) is 0. The summed E-state index contributed by atoms with van der Waals surface area (Å²) in [5.74, 6) is 0.854. The lowest BCUT2D eigenvalue weighted by atomic mass is 9.75. The fourth-order valence-corrected chi connectivity index (χ4v) is 4.29. The quantitative estimate of drug-likeness (QED) is 0.860. The molecule has 1 N–H and O–H groups in total. The molecule has 0 aromatic heterocycles. The van der Waals surface area contributed by atoms with Crippen LogP contribution in [0.1, 0.15) is 75.3 Å². The van der Waals surface area contributed by atoms with Crippen molar-refractivity contribution in [2.45, 2.75) is 69.6 Å². The zero-order chi connectivity index (χ0) is 14.9. The highest BCUT2D eigenvalue weighted by Crippen LogP contribution is 2.43. The summed E-state index contributed by atoms with van der Waals surface area (Å²) < 4.78 is 0. The van der Waals surface area contributed by atoms with Crippen LogP contribution in [-0.4, -0.2) is 11.1 Å². The lowest BCUT2D eigenvalue weighted by Gasteiger charge is -2.29. The molecule has 2 saturated carbocycles. The van der Waals surface area contributed by atoms with Crippen LogP contribution in [0.25, 0.3) is 0 Å². The van der Waals surface area contributed by atoms with Crippen LogP contribution in [0.4, 0.5) is 0 Å². The number of aliphatic carboxylic acids is 1. The molecule has 2 aliphatic rings. The predicted molar refractivity (Wildman–Crippen MR) is 84.6 cm³/mol. The Morgan fingerprint density at radius 2 is 1.81 bits per heavy atom. The molecule has 21 heavy (non-hydrogen) atoms. The third-order valence-electron chi connectivity index (χ3n) is 5.79. The van der Waals surface area contributed by atoms with Crippen molar-refractivity contribution in [3.8, 4) is 0 Å². The Morgan fingerprint density at radius 1 is 1.14 bits per heavy atom. The van der Waals surface area contributed by atoms with E-state index in [9.17, 15) is 9.90 Å². The van der Waals surface area contributed by atoms with Gasteiger partial charge in [-0.15, -0.1) is 0 Å². The van der Waals surface area contributed by atoms with Crippen molar-refractivity contribution >= 4 is 5.97 Å². The molecule has 0 atom stereocenters. The second-order valence-electron chi connectivity index (χ2n) is 7.18. The Bertz CT molecular complexity index is 506. The molecule has 0 aliphatic heterocycles. The van der Waals surface area contributed by atoms with Gasteiger partial charge in [0.05, 0.1) is 5.41 Å². The fraction of sp³-hybridized carbons (Fsp3) is 0.632. The van der Waals surface area contributed by atoms with Crippen LogP contribution in [0.15, 0.2) is 24.3 Å². The first-order valence-corrected chi connectivity index (χ1v) is 8.46. The van der Waals surface area contributed by atoms with Gasteiger partial charge in [0.25, 0.3) is 0 Å². The van der Waals surface area contributed by atoms with Crippen molar-refractivity contribution in [2.24, 2.45) is 5.92 Å². The molecule has 0 heterocycles. The van der Waals surface area contributed by atoms with Gasteiger partial charge in [-0.1, -0.05) is 56.9 Å². The Labute approximate surface area is 127 Å². The van der Waals surface area contributed by atoms with Crippen LogP contribution in [0, 0.1) is 5.92 Å². The molecule has 3 rings (SSSR count). The van der Waals surface area contributed by atoms with Crippen molar-refractivity contribution in [2.75, 3.05) is 0 Å². The summed E-state index contributed by atoms with van der Waals surface area (Å²) in [6.07, 6.45) is 8.79. The molecule has 0 spiro atoms. The van der Waals surface area contributed by atoms with Crippen molar-refractivity contribution in [3.05, 3.63) is 35.4 Å². The average Bonchev–Trinajstić information content (AvgIpc) is 2.99. The van der Waals surface area contributed by atoms with Gasteiger partial charge >= 0.3 is 5.97 Å². The molecule has 2 fully saturated rings. The third-order valence-corrected chi connectivity index (χ3v) is 5.79. The molecule has 114 valence electrons. The lowest BCUT2D eigenvalue weighted by Crippen LogP contribution is -2.32. The first kappa shape index (κ1) is 14.6. The van der Waals surface area contributed by atoms with Crippen LogP contribution in [0.5, 0.6) is 0 Å². The number of carbonyl (C=O) groups is 1. The summed E-state index contributed by atoms with van der Waals surface area (Å²) >= 11 is 0. The van der Waals surface area contributed by atoms with Crippen molar-refractivity contribution in [3.63, 3.8) is 0 Å². The van der Waals surface area contributed by atoms with E-state index in [4.69, 9.17) is 0 Å². The van der Waals surface area contributed by atoms with E-state index in [1.807, 2.05) is 6.07 Å². The maximum Gasteiger partial charge on any atom is 0.314 e. The number of hydrogen-bond donors (Lipinski definition) is 1. The van der Waals surface area contributed by atoms with Gasteiger partial charge in [-0.2, -0.15) is 0 Å². The Morgan fingerprint density at radius 3 is 2.43 bits per heavy atom. The van der Waals surface area contributed by atoms with E-state index >= 15 is 0 Å². The zero-order valence-electron chi connectivity index (χ0n) is 13.0. The van der Waals surface area contributed by atoms with E-state index in [1.54, 1.807) is 0 Å². The summed E-state index contributed by atoms with van der Waals surface area (Å²) in [5.41, 5.74) is 1.80. The van der Waals surface area contributed by atoms with Gasteiger partial charge < -0.3 is 5.11 Å². The van der Waals surface area contributed by atoms with E-state index in [0.717, 1.165) is 37.2 Å². The molecule has 0 radical (unpaired) electrons. The largest absolute Gasteiger partial charge is 0.481 e. The van der Waals surface area contributed by atoms with Crippen LogP contribution in [0.3, 0.4) is 0 Å². The smallest absolute Gasteiger partial charge is 0.314 e. The van der Waals surface area contributed by atoms with Crippen LogP contribution >= 0.6 is 0 Å². The molecule has 0 bridgehead atoms. The second-order valence-corrected chi connectivity index (χ2v) is 7.18. The van der Waals surface area contributed by atoms with E-state index in [2.05, 4.69) is 25.1 Å². The fourth-order valence-electron chi connectivity index (χ4n) is 4.29. The van der Waals surface area contributed by atoms with Gasteiger partial charge in [-0.25, -0.2) is 0 Å². The first-order valence-electron chi connectivity index (χ1n) is 8.46. The minimum Gasteiger partial charge on any atom is -0.481 e. The number of carboxylic acids is 1. The Balaban J connectivity index is 1.87. The maximum atomic E-state index is 11.9. The van der Waals surface area contributed by atoms with Crippen molar-refractivity contribution in [1.29, 1.82) is 0 Å². The van der Waals surface area contributed by atoms with Crippen LogP contribution in [-0.2, 0) is 10.2 Å². The van der Waals surface area contributed by atoms with Gasteiger partial charge in [0, 0.05) is 0 Å². The normalized spacial score (nSPS) is 28.4. The minimum absolute atomic E-state index is 0.613. The van der Waals surface area contributed by atoms with Crippen LogP contribution in [0.2, 0.25) is 0 Å². The first-order chi connectivity index (χ1) is 10.1. The SMILES string of the molecule is CC1CCC(c2cccc(C3(C(=O)O)CCCC3)c2)CC1. The zero-order valence-corrected chi connectivity index (χ0v) is 13.0. The summed E-state index contributed by atoms with van der Waals surface area (Å²) in [5, 5.41) is 9.75. The molecule has 2 aliphatic carbocycles. The second kappa shape index (κ2) is 5.82. The highest BCUT2D eigenvalue weighted by atomic mass is 16.4. The number of hydrogen-bond acceptors (Lipinski definition) is 1. The lowest BCUT2D eigenvalue weighted by molar-refractivity contribution is -0.143. The number of rotatable bonds is 3. The number of carboxylic acid groups (broad SMARTS) is 1. The van der Waals surface area contributed by atoms with Crippen molar-refractivity contribution in [1.82, 2.24) is 0 Å². The average molecular weight is 286 g/mol. The predicted octanol–water partition coefficient (Wildman–Crippen LogP) is 4.88. The van der Waals surface area contributed by atoms with Gasteiger partial charge in [-0.3, -0.25) is 4.79 Å². The molecular formula is C19H26O2. The Hall–Kier alpha value is -1.31. The van der Waals surface area contributed by atoms with E-state index in [-0.39, 0.29) is 0 Å². The molecule has 0 unspecified atom stereocenters. The molecule has 2 nitrogen and oxygen atoms in total. The van der Waals surface area contributed by atoms with E-state index in [0.29, 0.717) is 5.92 Å². The molecule has 0 amide bonds. The van der Waals surface area contributed by atoms with Gasteiger partial charge in [0.15, 0.2) is 0 Å². The van der Waals surface area contributed by atoms with Crippen molar-refractivity contribution < 1.29 is 9.90 Å². The maximum absolute atomic E-state index is 11.9. The highest BCUT2D eigenvalue weighted by molar-refractivity contribution is 5.81. The molecule has 2 heteroatoms. The summed E-state index contributed by atoms with van der Waals surface area (Å²) in [4.78, 5) is 11.9. The van der Waals surface area contributed by atoms with Crippen LogP contribution < -0.4 is 0 Å². The third kappa shape index (κ3) is 2.73. The molecule has 1 aromatic carbocycles. The molecule has 1 aromatic rings. The summed E-state index contributed by atoms with van der Waals surface area (Å²) in [6.45, 7) is 2.34. The highest BCUT2D eigenvalue weighted by Gasteiger charge is 2.43. The number of benzene rings is 1. The van der Waals surface area contributed by atoms with E-state index in [1.165, 1.54) is 31.2 Å². The van der Waals surface area contributed by atoms with Gasteiger partial charge in [-0.05, 0) is 48.6 Å². The summed E-state index contributed by atoms with van der Waals surface area (Å²) in [6, 6.07) is 8.52. The minimum atomic E-state index is -0.630. The van der Waals surface area contributed by atoms with Gasteiger partial charge in [0.1, 0.15) is 0 Å². The standard InChI is InChI=1S/C19H26O2/c1-14-7-9-15(10-8-14)16-5-4-6-17(13-16)19(18(20)21)11-2-3-12-19/h4-6,13-15H,2-3,7-12H2,1H3,(H,20,21).